The molecule has 0 aliphatic rings. The maximum Gasteiger partial charge on any atom is 0.230 e. The van der Waals surface area contributed by atoms with Gasteiger partial charge in [-0.1, -0.05) is 23.4 Å². The number of nitrogens with zero attached hydrogens (tertiary/aromatic N) is 2. The highest BCUT2D eigenvalue weighted by Gasteiger charge is 2.19. The smallest absolute Gasteiger partial charge is 0.230 e. The van der Waals surface area contributed by atoms with Crippen molar-refractivity contribution in [2.24, 2.45) is 0 Å². The first kappa shape index (κ1) is 13.2. The molecule has 21 heavy (non-hydrogen) atoms. The van der Waals surface area contributed by atoms with Crippen LogP contribution in [0.5, 0.6) is 5.75 Å². The summed E-state index contributed by atoms with van der Waals surface area (Å²) in [7, 11) is 1.64. The third-order valence-corrected chi connectivity index (χ3v) is 3.32. The largest absolute Gasteiger partial charge is 0.496 e. The standard InChI is InChI=1S/C16H15N3O2/c1-10-6-7-11(9-13(10)20-2)14-15(19-21-16(14)17)12-5-3-4-8-18-12/h3-9H,17H2,1-2H3. The molecule has 5 heteroatoms. The van der Waals surface area contributed by atoms with Gasteiger partial charge in [-0.25, -0.2) is 0 Å². The first-order valence-electron chi connectivity index (χ1n) is 6.52. The van der Waals surface area contributed by atoms with Crippen LogP contribution in [0.3, 0.4) is 0 Å². The minimum absolute atomic E-state index is 0.265. The zero-order chi connectivity index (χ0) is 14.8. The summed E-state index contributed by atoms with van der Waals surface area (Å²) in [6.45, 7) is 1.99. The van der Waals surface area contributed by atoms with Crippen molar-refractivity contribution in [3.05, 3.63) is 48.2 Å². The summed E-state index contributed by atoms with van der Waals surface area (Å²) in [5.74, 6) is 1.06. The van der Waals surface area contributed by atoms with Crippen LogP contribution in [-0.2, 0) is 0 Å². The average molecular weight is 281 g/mol. The Labute approximate surface area is 122 Å². The molecule has 2 N–H and O–H groups in total. The summed E-state index contributed by atoms with van der Waals surface area (Å²) < 4.78 is 10.5. The Morgan fingerprint density at radius 3 is 2.76 bits per heavy atom. The molecule has 0 saturated carbocycles. The Balaban J connectivity index is 2.17. The van der Waals surface area contributed by atoms with Gasteiger partial charge in [0, 0.05) is 6.20 Å². The summed E-state index contributed by atoms with van der Waals surface area (Å²) in [6, 6.07) is 11.5. The van der Waals surface area contributed by atoms with Crippen LogP contribution in [0.25, 0.3) is 22.5 Å². The van der Waals surface area contributed by atoms with Gasteiger partial charge in [-0.05, 0) is 36.2 Å². The van der Waals surface area contributed by atoms with E-state index in [2.05, 4.69) is 10.1 Å². The topological polar surface area (TPSA) is 74.2 Å². The molecule has 0 unspecified atom stereocenters. The highest BCUT2D eigenvalue weighted by molar-refractivity contribution is 5.86. The molecule has 5 nitrogen and oxygen atoms in total. The molecule has 0 spiro atoms. The molecule has 106 valence electrons. The Morgan fingerprint density at radius 2 is 2.05 bits per heavy atom. The number of hydrogen-bond donors (Lipinski definition) is 1. The van der Waals surface area contributed by atoms with Gasteiger partial charge in [-0.2, -0.15) is 0 Å². The Hall–Kier alpha value is -2.82. The fourth-order valence-electron chi connectivity index (χ4n) is 2.23. The van der Waals surface area contributed by atoms with E-state index in [1.807, 2.05) is 43.3 Å². The van der Waals surface area contributed by atoms with Crippen LogP contribution >= 0.6 is 0 Å². The van der Waals surface area contributed by atoms with Crippen molar-refractivity contribution in [1.82, 2.24) is 10.1 Å². The number of pyridine rings is 1. The highest BCUT2D eigenvalue weighted by Crippen LogP contribution is 2.37. The van der Waals surface area contributed by atoms with E-state index in [1.54, 1.807) is 13.3 Å². The SMILES string of the molecule is COc1cc(-c2c(-c3ccccn3)noc2N)ccc1C. The number of nitrogen functional groups attached to an aromatic ring is 1. The number of ether oxygens (including phenoxy) is 1. The first-order chi connectivity index (χ1) is 10.2. The number of rotatable bonds is 3. The summed E-state index contributed by atoms with van der Waals surface area (Å²) in [6.07, 6.45) is 1.71. The van der Waals surface area contributed by atoms with Crippen LogP contribution in [-0.4, -0.2) is 17.3 Å². The lowest BCUT2D eigenvalue weighted by Crippen LogP contribution is -1.92. The predicted octanol–water partition coefficient (Wildman–Crippen LogP) is 3.30. The number of aryl methyl sites for hydroxylation is 1. The molecule has 0 amide bonds. The van der Waals surface area contributed by atoms with Crippen LogP contribution in [0.15, 0.2) is 47.1 Å². The second-order valence-corrected chi connectivity index (χ2v) is 4.67. The van der Waals surface area contributed by atoms with Gasteiger partial charge in [-0.3, -0.25) is 4.98 Å². The van der Waals surface area contributed by atoms with Crippen molar-refractivity contribution < 1.29 is 9.26 Å². The second-order valence-electron chi connectivity index (χ2n) is 4.67. The third-order valence-electron chi connectivity index (χ3n) is 3.32. The number of nitrogens with two attached hydrogens (primary N) is 1. The quantitative estimate of drug-likeness (QED) is 0.797. The molecular weight excluding hydrogens is 266 g/mol. The Kier molecular flexibility index (Phi) is 3.31. The first-order valence-corrected chi connectivity index (χ1v) is 6.52. The Morgan fingerprint density at radius 1 is 1.19 bits per heavy atom. The van der Waals surface area contributed by atoms with Gasteiger partial charge in [0.15, 0.2) is 0 Å². The number of aromatic nitrogens is 2. The molecule has 1 aromatic carbocycles. The molecule has 0 aliphatic carbocycles. The van der Waals surface area contributed by atoms with Gasteiger partial charge in [0.1, 0.15) is 11.4 Å². The lowest BCUT2D eigenvalue weighted by atomic mass is 10.0. The normalized spacial score (nSPS) is 10.6. The van der Waals surface area contributed by atoms with E-state index >= 15 is 0 Å². The molecular formula is C16H15N3O2. The van der Waals surface area contributed by atoms with E-state index in [-0.39, 0.29) is 5.88 Å². The number of anilines is 1. The fraction of sp³-hybridized carbons (Fsp3) is 0.125. The third kappa shape index (κ3) is 2.33. The van der Waals surface area contributed by atoms with Gasteiger partial charge < -0.3 is 15.0 Å². The number of benzene rings is 1. The number of methoxy groups -OCH3 is 1. The second kappa shape index (κ2) is 5.28. The highest BCUT2D eigenvalue weighted by atomic mass is 16.5. The Bertz CT molecular complexity index is 766. The monoisotopic (exact) mass is 281 g/mol. The summed E-state index contributed by atoms with van der Waals surface area (Å²) in [5, 5.41) is 4.04. The maximum absolute atomic E-state index is 5.94. The minimum Gasteiger partial charge on any atom is -0.496 e. The lowest BCUT2D eigenvalue weighted by Gasteiger charge is -2.08. The van der Waals surface area contributed by atoms with E-state index in [0.717, 1.165) is 22.4 Å². The van der Waals surface area contributed by atoms with E-state index in [0.29, 0.717) is 11.4 Å². The zero-order valence-corrected chi connectivity index (χ0v) is 11.8. The van der Waals surface area contributed by atoms with Crippen molar-refractivity contribution >= 4 is 5.88 Å². The van der Waals surface area contributed by atoms with Crippen LogP contribution in [0, 0.1) is 6.92 Å². The van der Waals surface area contributed by atoms with Gasteiger partial charge in [0.25, 0.3) is 0 Å². The molecule has 0 atom stereocenters. The predicted molar refractivity (Wildman–Crippen MR) is 80.9 cm³/mol. The lowest BCUT2D eigenvalue weighted by molar-refractivity contribution is 0.412. The van der Waals surface area contributed by atoms with Gasteiger partial charge >= 0.3 is 0 Å². The zero-order valence-electron chi connectivity index (χ0n) is 11.8. The van der Waals surface area contributed by atoms with Crippen molar-refractivity contribution in [1.29, 1.82) is 0 Å². The van der Waals surface area contributed by atoms with E-state index < -0.39 is 0 Å². The molecule has 0 aliphatic heterocycles. The summed E-state index contributed by atoms with van der Waals surface area (Å²) >= 11 is 0. The molecule has 0 radical (unpaired) electrons. The molecule has 2 heterocycles. The summed E-state index contributed by atoms with van der Waals surface area (Å²) in [4.78, 5) is 4.30. The molecule has 0 bridgehead atoms. The fourth-order valence-corrected chi connectivity index (χ4v) is 2.23. The van der Waals surface area contributed by atoms with Gasteiger partial charge in [0.05, 0.1) is 18.4 Å². The van der Waals surface area contributed by atoms with Crippen LogP contribution in [0.2, 0.25) is 0 Å². The molecule has 0 saturated heterocycles. The van der Waals surface area contributed by atoms with Crippen LogP contribution in [0.4, 0.5) is 5.88 Å². The maximum atomic E-state index is 5.94. The molecule has 2 aromatic heterocycles. The molecule has 3 rings (SSSR count). The van der Waals surface area contributed by atoms with Crippen LogP contribution < -0.4 is 10.5 Å². The van der Waals surface area contributed by atoms with Crippen molar-refractivity contribution in [3.8, 4) is 28.3 Å². The minimum atomic E-state index is 0.265. The summed E-state index contributed by atoms with van der Waals surface area (Å²) in [5.41, 5.74) is 9.95. The average Bonchev–Trinajstić information content (AvgIpc) is 2.90. The molecule has 3 aromatic rings. The van der Waals surface area contributed by atoms with Crippen molar-refractivity contribution in [3.63, 3.8) is 0 Å². The number of hydrogen-bond acceptors (Lipinski definition) is 5. The van der Waals surface area contributed by atoms with E-state index in [4.69, 9.17) is 15.0 Å². The van der Waals surface area contributed by atoms with Crippen molar-refractivity contribution in [2.75, 3.05) is 12.8 Å². The van der Waals surface area contributed by atoms with Gasteiger partial charge in [-0.15, -0.1) is 0 Å². The van der Waals surface area contributed by atoms with E-state index in [9.17, 15) is 0 Å². The van der Waals surface area contributed by atoms with Crippen LogP contribution in [0.1, 0.15) is 5.56 Å². The van der Waals surface area contributed by atoms with Gasteiger partial charge in [0.2, 0.25) is 5.88 Å². The molecule has 0 fully saturated rings. The van der Waals surface area contributed by atoms with E-state index in [1.165, 1.54) is 0 Å². The van der Waals surface area contributed by atoms with Crippen molar-refractivity contribution in [2.45, 2.75) is 6.92 Å².